The molecule has 31 heavy (non-hydrogen) atoms. The van der Waals surface area contributed by atoms with Gasteiger partial charge in [-0.05, 0) is 49.2 Å². The number of aryl methyl sites for hydroxylation is 2. The average molecular weight is 416 g/mol. The molecule has 0 saturated carbocycles. The highest BCUT2D eigenvalue weighted by Crippen LogP contribution is 2.41. The molecule has 1 fully saturated rings. The summed E-state index contributed by atoms with van der Waals surface area (Å²) in [6, 6.07) is 13.9. The van der Waals surface area contributed by atoms with E-state index in [0.29, 0.717) is 5.56 Å². The number of pyridine rings is 1. The number of hydrogen-bond acceptors (Lipinski definition) is 4. The fourth-order valence-corrected chi connectivity index (χ4v) is 3.88. The van der Waals surface area contributed by atoms with Crippen LogP contribution in [0.3, 0.4) is 0 Å². The van der Waals surface area contributed by atoms with Gasteiger partial charge in [-0.2, -0.15) is 0 Å². The van der Waals surface area contributed by atoms with Gasteiger partial charge in [0.2, 0.25) is 0 Å². The predicted octanol–water partition coefficient (Wildman–Crippen LogP) is 4.46. The standard InChI is InChI=1S/C25H21FN2O3/c1-15-7-8-16(2)19(13-15)23(29)21-22(18-5-3-4-6-20(18)26)28(25(31)24(21)30)14-17-9-11-27-12-10-17/h3-13,22,29H,14H2,1-2H3. The van der Waals surface area contributed by atoms with E-state index >= 15 is 0 Å². The summed E-state index contributed by atoms with van der Waals surface area (Å²) in [5, 5.41) is 11.2. The summed E-state index contributed by atoms with van der Waals surface area (Å²) in [4.78, 5) is 31.3. The minimum Gasteiger partial charge on any atom is -0.507 e. The van der Waals surface area contributed by atoms with E-state index < -0.39 is 23.5 Å². The molecule has 3 aromatic rings. The highest BCUT2D eigenvalue weighted by atomic mass is 19.1. The second-order valence-electron chi connectivity index (χ2n) is 7.62. The molecule has 2 heterocycles. The number of nitrogens with zero attached hydrogens (tertiary/aromatic N) is 2. The van der Waals surface area contributed by atoms with Crippen molar-refractivity contribution in [1.29, 1.82) is 0 Å². The van der Waals surface area contributed by atoms with Gasteiger partial charge in [-0.15, -0.1) is 0 Å². The zero-order chi connectivity index (χ0) is 22.1. The predicted molar refractivity (Wildman–Crippen MR) is 114 cm³/mol. The van der Waals surface area contributed by atoms with Crippen molar-refractivity contribution in [2.75, 3.05) is 0 Å². The van der Waals surface area contributed by atoms with Gasteiger partial charge in [0, 0.05) is 30.1 Å². The minimum absolute atomic E-state index is 0.0790. The van der Waals surface area contributed by atoms with Crippen LogP contribution in [0.25, 0.3) is 5.76 Å². The summed E-state index contributed by atoms with van der Waals surface area (Å²) < 4.78 is 14.8. The van der Waals surface area contributed by atoms with E-state index in [9.17, 15) is 19.1 Å². The van der Waals surface area contributed by atoms with E-state index in [4.69, 9.17) is 0 Å². The summed E-state index contributed by atoms with van der Waals surface area (Å²) in [7, 11) is 0. The number of aliphatic hydroxyl groups excluding tert-OH is 1. The summed E-state index contributed by atoms with van der Waals surface area (Å²) in [5.74, 6) is -2.47. The lowest BCUT2D eigenvalue weighted by atomic mass is 9.93. The molecular weight excluding hydrogens is 395 g/mol. The third-order valence-corrected chi connectivity index (χ3v) is 5.49. The number of rotatable bonds is 4. The highest BCUT2D eigenvalue weighted by Gasteiger charge is 2.47. The van der Waals surface area contributed by atoms with Crippen LogP contribution in [0.1, 0.15) is 33.9 Å². The molecule has 1 amide bonds. The highest BCUT2D eigenvalue weighted by molar-refractivity contribution is 6.46. The molecule has 1 saturated heterocycles. The summed E-state index contributed by atoms with van der Waals surface area (Å²) in [6.07, 6.45) is 3.17. The molecule has 1 aromatic heterocycles. The molecular formula is C25H21FN2O3. The smallest absolute Gasteiger partial charge is 0.295 e. The Labute approximate surface area is 179 Å². The molecule has 0 bridgehead atoms. The van der Waals surface area contributed by atoms with Gasteiger partial charge in [-0.1, -0.05) is 35.9 Å². The number of aromatic nitrogens is 1. The zero-order valence-electron chi connectivity index (χ0n) is 17.2. The van der Waals surface area contributed by atoms with Crippen LogP contribution < -0.4 is 0 Å². The van der Waals surface area contributed by atoms with Crippen LogP contribution in [0, 0.1) is 19.7 Å². The van der Waals surface area contributed by atoms with E-state index in [1.807, 2.05) is 19.1 Å². The molecule has 4 rings (SSSR count). The lowest BCUT2D eigenvalue weighted by molar-refractivity contribution is -0.140. The van der Waals surface area contributed by atoms with Crippen molar-refractivity contribution in [1.82, 2.24) is 9.88 Å². The number of amides is 1. The zero-order valence-corrected chi connectivity index (χ0v) is 17.2. The van der Waals surface area contributed by atoms with Crippen LogP contribution in [-0.2, 0) is 16.1 Å². The monoisotopic (exact) mass is 416 g/mol. The van der Waals surface area contributed by atoms with Crippen LogP contribution in [0.5, 0.6) is 0 Å². The number of carbonyl (C=O) groups is 2. The first-order chi connectivity index (χ1) is 14.9. The lowest BCUT2D eigenvalue weighted by Crippen LogP contribution is -2.29. The Morgan fingerprint density at radius 2 is 1.77 bits per heavy atom. The molecule has 1 unspecified atom stereocenters. The maximum Gasteiger partial charge on any atom is 0.295 e. The van der Waals surface area contributed by atoms with Gasteiger partial charge in [0.05, 0.1) is 11.6 Å². The number of carbonyl (C=O) groups excluding carboxylic acids is 2. The van der Waals surface area contributed by atoms with Gasteiger partial charge in [-0.25, -0.2) is 4.39 Å². The quantitative estimate of drug-likeness (QED) is 0.387. The van der Waals surface area contributed by atoms with Crippen LogP contribution >= 0.6 is 0 Å². The van der Waals surface area contributed by atoms with Crippen molar-refractivity contribution in [2.24, 2.45) is 0 Å². The summed E-state index contributed by atoms with van der Waals surface area (Å²) in [6.45, 7) is 3.75. The van der Waals surface area contributed by atoms with Crippen LogP contribution in [0.2, 0.25) is 0 Å². The van der Waals surface area contributed by atoms with Crippen LogP contribution in [0.4, 0.5) is 4.39 Å². The molecule has 1 aliphatic heterocycles. The number of Topliss-reactive ketones (excluding diaryl/α,β-unsaturated/α-hetero) is 1. The normalized spacial score (nSPS) is 17.9. The SMILES string of the molecule is Cc1ccc(C)c(C(O)=C2C(=O)C(=O)N(Cc3ccncc3)C2c2ccccc2F)c1. The number of likely N-dealkylation sites (tertiary alicyclic amines) is 1. The van der Waals surface area contributed by atoms with Crippen molar-refractivity contribution in [3.05, 3.63) is 106 Å². The summed E-state index contributed by atoms with van der Waals surface area (Å²) in [5.41, 5.74) is 2.87. The maximum atomic E-state index is 14.8. The molecule has 0 aliphatic carbocycles. The second-order valence-corrected chi connectivity index (χ2v) is 7.62. The van der Waals surface area contributed by atoms with Crippen molar-refractivity contribution < 1.29 is 19.1 Å². The number of benzene rings is 2. The van der Waals surface area contributed by atoms with E-state index in [0.717, 1.165) is 16.7 Å². The number of ketones is 1. The van der Waals surface area contributed by atoms with Gasteiger partial charge in [0.25, 0.3) is 11.7 Å². The number of aliphatic hydroxyl groups is 1. The number of hydrogen-bond donors (Lipinski definition) is 1. The molecule has 156 valence electrons. The van der Waals surface area contributed by atoms with E-state index in [2.05, 4.69) is 4.98 Å². The summed E-state index contributed by atoms with van der Waals surface area (Å²) >= 11 is 0. The largest absolute Gasteiger partial charge is 0.507 e. The second kappa shape index (κ2) is 8.14. The van der Waals surface area contributed by atoms with Gasteiger partial charge < -0.3 is 10.0 Å². The van der Waals surface area contributed by atoms with Crippen molar-refractivity contribution in [3.8, 4) is 0 Å². The van der Waals surface area contributed by atoms with Gasteiger partial charge >= 0.3 is 0 Å². The molecule has 0 radical (unpaired) electrons. The molecule has 1 aliphatic rings. The fraction of sp³-hybridized carbons (Fsp3) is 0.160. The van der Waals surface area contributed by atoms with E-state index in [-0.39, 0.29) is 23.4 Å². The topological polar surface area (TPSA) is 70.5 Å². The van der Waals surface area contributed by atoms with Crippen molar-refractivity contribution in [2.45, 2.75) is 26.4 Å². The van der Waals surface area contributed by atoms with E-state index in [1.165, 1.54) is 17.0 Å². The first-order valence-electron chi connectivity index (χ1n) is 9.88. The molecule has 6 heteroatoms. The van der Waals surface area contributed by atoms with Gasteiger partial charge in [0.15, 0.2) is 0 Å². The van der Waals surface area contributed by atoms with Gasteiger partial charge in [0.1, 0.15) is 11.6 Å². The van der Waals surface area contributed by atoms with Crippen LogP contribution in [-0.4, -0.2) is 26.7 Å². The Morgan fingerprint density at radius 3 is 2.48 bits per heavy atom. The molecule has 5 nitrogen and oxygen atoms in total. The Kier molecular flexibility index (Phi) is 5.38. The Bertz CT molecular complexity index is 1200. The first kappa shape index (κ1) is 20.5. The fourth-order valence-electron chi connectivity index (χ4n) is 3.88. The lowest BCUT2D eigenvalue weighted by Gasteiger charge is -2.26. The Balaban J connectivity index is 1.92. The minimum atomic E-state index is -1.05. The molecule has 2 aromatic carbocycles. The van der Waals surface area contributed by atoms with Crippen molar-refractivity contribution >= 4 is 17.4 Å². The van der Waals surface area contributed by atoms with Gasteiger partial charge in [-0.3, -0.25) is 14.6 Å². The Hall–Kier alpha value is -3.80. The third kappa shape index (κ3) is 3.72. The first-order valence-corrected chi connectivity index (χ1v) is 9.88. The van der Waals surface area contributed by atoms with E-state index in [1.54, 1.807) is 49.6 Å². The maximum absolute atomic E-state index is 14.8. The van der Waals surface area contributed by atoms with Crippen molar-refractivity contribution in [3.63, 3.8) is 0 Å². The molecule has 1 N–H and O–H groups in total. The third-order valence-electron chi connectivity index (χ3n) is 5.49. The molecule has 1 atom stereocenters. The number of halogens is 1. The Morgan fingerprint density at radius 1 is 1.06 bits per heavy atom. The molecule has 0 spiro atoms. The van der Waals surface area contributed by atoms with Crippen LogP contribution in [0.15, 0.2) is 72.6 Å². The average Bonchev–Trinajstić information content (AvgIpc) is 3.01.